The van der Waals surface area contributed by atoms with Crippen molar-refractivity contribution < 1.29 is 4.43 Å². The molecular weight excluding hydrogens is 351 g/mol. The summed E-state index contributed by atoms with van der Waals surface area (Å²) in [6, 6.07) is 0. The summed E-state index contributed by atoms with van der Waals surface area (Å²) in [6.45, 7) is 14.2. The fraction of sp³-hybridized carbons (Fsp3) is 0.733. The molecule has 0 fully saturated rings. The molecule has 0 heterocycles. The van der Waals surface area contributed by atoms with E-state index in [0.29, 0.717) is 0 Å². The molecule has 0 spiro atoms. The van der Waals surface area contributed by atoms with E-state index < -0.39 is 8.32 Å². The zero-order chi connectivity index (χ0) is 14.2. The summed E-state index contributed by atoms with van der Waals surface area (Å²) < 4.78 is 7.32. The van der Waals surface area contributed by atoms with Crippen molar-refractivity contribution in [2.75, 3.05) is 11.0 Å². The highest BCUT2D eigenvalue weighted by molar-refractivity contribution is 14.1. The molecule has 0 saturated heterocycles. The Kier molecular flexibility index (Phi) is 8.49. The van der Waals surface area contributed by atoms with E-state index in [-0.39, 0.29) is 5.04 Å². The van der Waals surface area contributed by atoms with E-state index in [2.05, 4.69) is 75.2 Å². The molecule has 0 rings (SSSR count). The van der Waals surface area contributed by atoms with Gasteiger partial charge in [0, 0.05) is 10.8 Å². The summed E-state index contributed by atoms with van der Waals surface area (Å²) >= 11 is 2.38. The molecule has 0 aliphatic carbocycles. The van der Waals surface area contributed by atoms with Crippen LogP contribution in [-0.4, -0.2) is 19.4 Å². The fourth-order valence-electron chi connectivity index (χ4n) is 0.954. The van der Waals surface area contributed by atoms with Gasteiger partial charge in [-0.2, -0.15) is 0 Å². The van der Waals surface area contributed by atoms with Gasteiger partial charge in [0.15, 0.2) is 8.32 Å². The van der Waals surface area contributed by atoms with Gasteiger partial charge < -0.3 is 4.43 Å². The van der Waals surface area contributed by atoms with Crippen molar-refractivity contribution in [1.82, 2.24) is 0 Å². The molecule has 0 bridgehead atoms. The molecule has 3 heteroatoms. The average Bonchev–Trinajstić information content (AvgIpc) is 2.24. The lowest BCUT2D eigenvalue weighted by Crippen LogP contribution is -2.41. The number of allylic oxidation sites excluding steroid dienone is 1. The third-order valence-electron chi connectivity index (χ3n) is 3.32. The first-order valence-corrected chi connectivity index (χ1v) is 11.0. The Hall–Kier alpha value is 0.207. The van der Waals surface area contributed by atoms with E-state index in [1.165, 1.54) is 16.4 Å². The first-order valence-electron chi connectivity index (χ1n) is 6.54. The van der Waals surface area contributed by atoms with Crippen LogP contribution in [-0.2, 0) is 4.43 Å². The highest BCUT2D eigenvalue weighted by Gasteiger charge is 2.36. The molecule has 0 aliphatic heterocycles. The molecule has 0 saturated carbocycles. The Morgan fingerprint density at radius 2 is 1.94 bits per heavy atom. The van der Waals surface area contributed by atoms with Crippen LogP contribution in [0.1, 0.15) is 40.5 Å². The third-order valence-corrected chi connectivity index (χ3v) is 8.56. The second kappa shape index (κ2) is 8.39. The van der Waals surface area contributed by atoms with Gasteiger partial charge in [0.2, 0.25) is 0 Å². The molecule has 0 unspecified atom stereocenters. The van der Waals surface area contributed by atoms with Crippen LogP contribution in [0.4, 0.5) is 0 Å². The lowest BCUT2D eigenvalue weighted by molar-refractivity contribution is 0.319. The summed E-state index contributed by atoms with van der Waals surface area (Å²) in [5.74, 6) is 6.28. The van der Waals surface area contributed by atoms with Crippen molar-refractivity contribution in [2.45, 2.75) is 58.7 Å². The maximum atomic E-state index is 6.14. The van der Waals surface area contributed by atoms with Crippen molar-refractivity contribution in [3.8, 4) is 11.8 Å². The molecule has 1 nitrogen and oxygen atoms in total. The van der Waals surface area contributed by atoms with Crippen LogP contribution in [0, 0.1) is 11.8 Å². The van der Waals surface area contributed by atoms with Crippen LogP contribution < -0.4 is 0 Å². The topological polar surface area (TPSA) is 9.23 Å². The SMILES string of the molecule is C/C(=C/C#CCCCI)CO[Si](C)(C)C(C)(C)C. The minimum Gasteiger partial charge on any atom is -0.413 e. The van der Waals surface area contributed by atoms with E-state index in [1.807, 2.05) is 6.08 Å². The number of unbranched alkanes of at least 4 members (excludes halogenated alkanes) is 1. The monoisotopic (exact) mass is 378 g/mol. The molecule has 0 aromatic carbocycles. The van der Waals surface area contributed by atoms with Gasteiger partial charge in [-0.1, -0.05) is 55.2 Å². The predicted octanol–water partition coefficient (Wildman–Crippen LogP) is 5.17. The molecular formula is C15H27IOSi. The number of alkyl halides is 1. The molecule has 0 radical (unpaired) electrons. The Bertz CT molecular complexity index is 329. The maximum absolute atomic E-state index is 6.14. The Morgan fingerprint density at radius 3 is 2.44 bits per heavy atom. The van der Waals surface area contributed by atoms with E-state index in [1.54, 1.807) is 0 Å². The zero-order valence-electron chi connectivity index (χ0n) is 12.7. The molecule has 18 heavy (non-hydrogen) atoms. The highest BCUT2D eigenvalue weighted by Crippen LogP contribution is 2.36. The fourth-order valence-corrected chi connectivity index (χ4v) is 2.36. The van der Waals surface area contributed by atoms with Crippen LogP contribution in [0.15, 0.2) is 11.6 Å². The molecule has 104 valence electrons. The van der Waals surface area contributed by atoms with E-state index in [9.17, 15) is 0 Å². The summed E-state index contributed by atoms with van der Waals surface area (Å²) in [7, 11) is -1.62. The Balaban J connectivity index is 4.20. The van der Waals surface area contributed by atoms with E-state index in [0.717, 1.165) is 13.0 Å². The van der Waals surface area contributed by atoms with E-state index in [4.69, 9.17) is 4.43 Å². The standard InChI is InChI=1S/C15H27IOSi/c1-14(11-9-7-8-10-12-16)13-17-18(5,6)15(2,3)4/h11H,8,10,12-13H2,1-6H3/b14-11-. The van der Waals surface area contributed by atoms with Gasteiger partial charge in [-0.15, -0.1) is 0 Å². The molecule has 0 amide bonds. The van der Waals surface area contributed by atoms with E-state index >= 15 is 0 Å². The van der Waals surface area contributed by atoms with Crippen molar-refractivity contribution in [3.63, 3.8) is 0 Å². The maximum Gasteiger partial charge on any atom is 0.192 e. The van der Waals surface area contributed by atoms with Gasteiger partial charge in [-0.05, 0) is 43.1 Å². The van der Waals surface area contributed by atoms with Crippen molar-refractivity contribution >= 4 is 30.9 Å². The van der Waals surface area contributed by atoms with Crippen LogP contribution in [0.5, 0.6) is 0 Å². The second-order valence-corrected chi connectivity index (χ2v) is 12.0. The lowest BCUT2D eigenvalue weighted by atomic mass is 10.2. The Morgan fingerprint density at radius 1 is 1.33 bits per heavy atom. The number of rotatable bonds is 5. The van der Waals surface area contributed by atoms with Crippen LogP contribution in [0.25, 0.3) is 0 Å². The average molecular weight is 378 g/mol. The minimum absolute atomic E-state index is 0.277. The first-order chi connectivity index (χ1) is 8.20. The van der Waals surface area contributed by atoms with Gasteiger partial charge in [0.25, 0.3) is 0 Å². The first kappa shape index (κ1) is 18.2. The van der Waals surface area contributed by atoms with Gasteiger partial charge in [0.1, 0.15) is 0 Å². The predicted molar refractivity (Wildman–Crippen MR) is 92.8 cm³/mol. The lowest BCUT2D eigenvalue weighted by Gasteiger charge is -2.36. The van der Waals surface area contributed by atoms with Crippen LogP contribution in [0.3, 0.4) is 0 Å². The number of halogens is 1. The van der Waals surface area contributed by atoms with Gasteiger partial charge in [0.05, 0.1) is 6.61 Å². The van der Waals surface area contributed by atoms with Crippen LogP contribution in [0.2, 0.25) is 18.1 Å². The van der Waals surface area contributed by atoms with Crippen molar-refractivity contribution in [3.05, 3.63) is 11.6 Å². The van der Waals surface area contributed by atoms with Crippen molar-refractivity contribution in [1.29, 1.82) is 0 Å². The minimum atomic E-state index is -1.62. The van der Waals surface area contributed by atoms with Crippen molar-refractivity contribution in [2.24, 2.45) is 0 Å². The molecule has 0 N–H and O–H groups in total. The Labute approximate surface area is 128 Å². The largest absolute Gasteiger partial charge is 0.413 e. The normalized spacial score (nSPS) is 13.2. The molecule has 0 aromatic rings. The zero-order valence-corrected chi connectivity index (χ0v) is 15.8. The summed E-state index contributed by atoms with van der Waals surface area (Å²) in [4.78, 5) is 0. The smallest absolute Gasteiger partial charge is 0.192 e. The van der Waals surface area contributed by atoms with Gasteiger partial charge >= 0.3 is 0 Å². The van der Waals surface area contributed by atoms with Gasteiger partial charge in [-0.3, -0.25) is 0 Å². The second-order valence-electron chi connectivity index (χ2n) is 6.15. The number of hydrogen-bond donors (Lipinski definition) is 0. The summed E-state index contributed by atoms with van der Waals surface area (Å²) in [5.41, 5.74) is 1.22. The molecule has 0 aliphatic rings. The quantitative estimate of drug-likeness (QED) is 0.211. The third kappa shape index (κ3) is 7.60. The molecule has 0 atom stereocenters. The van der Waals surface area contributed by atoms with Gasteiger partial charge in [-0.25, -0.2) is 0 Å². The molecule has 0 aromatic heterocycles. The summed E-state index contributed by atoms with van der Waals surface area (Å²) in [6.07, 6.45) is 4.18. The summed E-state index contributed by atoms with van der Waals surface area (Å²) in [5, 5.41) is 0.277. The highest BCUT2D eigenvalue weighted by atomic mass is 127. The number of hydrogen-bond acceptors (Lipinski definition) is 1. The van der Waals surface area contributed by atoms with Crippen LogP contribution >= 0.6 is 22.6 Å².